The van der Waals surface area contributed by atoms with Crippen molar-refractivity contribution in [2.75, 3.05) is 13.6 Å². The first-order valence-electron chi connectivity index (χ1n) is 9.98. The SMILES string of the molecule is CN1C[C@@]2(C)C[C@]1(C)[C@@H](F)[C@@H]2Oc1ccc(-c2ccc(-n3ccnc3)cc2O)nn1. The molecule has 2 bridgehead atoms. The second-order valence-corrected chi connectivity index (χ2v) is 8.91. The molecule has 3 aromatic rings. The summed E-state index contributed by atoms with van der Waals surface area (Å²) < 4.78 is 22.9. The van der Waals surface area contributed by atoms with Crippen LogP contribution in [0.4, 0.5) is 4.39 Å². The molecule has 30 heavy (non-hydrogen) atoms. The van der Waals surface area contributed by atoms with Crippen LogP contribution in [0.5, 0.6) is 11.6 Å². The Labute approximate surface area is 174 Å². The number of benzene rings is 1. The maximum Gasteiger partial charge on any atom is 0.233 e. The van der Waals surface area contributed by atoms with Gasteiger partial charge in [0.1, 0.15) is 11.9 Å². The number of piperidine rings is 1. The van der Waals surface area contributed by atoms with Gasteiger partial charge in [-0.05, 0) is 38.6 Å². The van der Waals surface area contributed by atoms with Gasteiger partial charge < -0.3 is 14.4 Å². The number of hydrogen-bond acceptors (Lipinski definition) is 6. The number of phenolic OH excluding ortho intramolecular Hbond substituents is 1. The first kappa shape index (κ1) is 19.0. The standard InChI is InChI=1S/C22H24FN5O2/c1-21-11-22(2,27(3)12-21)19(23)20(21)30-18-7-6-16(25-26-18)15-5-4-14(10-17(15)29)28-9-8-24-13-28/h4-10,13,19-20,29H,11-12H2,1-3H3/t19-,20-,21+,22+/m0/s1. The number of hydrogen-bond donors (Lipinski definition) is 1. The Morgan fingerprint density at radius 1 is 1.20 bits per heavy atom. The molecule has 0 spiro atoms. The molecule has 1 N–H and O–H groups in total. The fourth-order valence-corrected chi connectivity index (χ4v) is 5.08. The van der Waals surface area contributed by atoms with Gasteiger partial charge in [-0.25, -0.2) is 9.37 Å². The molecule has 5 rings (SSSR count). The van der Waals surface area contributed by atoms with E-state index in [0.29, 0.717) is 17.1 Å². The zero-order valence-corrected chi connectivity index (χ0v) is 17.2. The Morgan fingerprint density at radius 3 is 2.63 bits per heavy atom. The average Bonchev–Trinajstić information content (AvgIpc) is 3.37. The highest BCUT2D eigenvalue weighted by Gasteiger charge is 2.66. The Morgan fingerprint density at radius 2 is 2.03 bits per heavy atom. The zero-order chi connectivity index (χ0) is 21.1. The van der Waals surface area contributed by atoms with Gasteiger partial charge in [0.25, 0.3) is 0 Å². The Hall–Kier alpha value is -3.00. The van der Waals surface area contributed by atoms with Gasteiger partial charge in [0, 0.05) is 42.0 Å². The maximum atomic E-state index is 15.1. The van der Waals surface area contributed by atoms with E-state index in [1.807, 2.05) is 20.0 Å². The summed E-state index contributed by atoms with van der Waals surface area (Å²) >= 11 is 0. The molecule has 0 unspecified atom stereocenters. The van der Waals surface area contributed by atoms with E-state index in [9.17, 15) is 5.11 Å². The van der Waals surface area contributed by atoms with Crippen molar-refractivity contribution < 1.29 is 14.2 Å². The van der Waals surface area contributed by atoms with E-state index in [1.54, 1.807) is 47.6 Å². The first-order valence-corrected chi connectivity index (χ1v) is 9.98. The molecular weight excluding hydrogens is 385 g/mol. The fraction of sp³-hybridized carbons (Fsp3) is 0.409. The number of phenols is 1. The van der Waals surface area contributed by atoms with Crippen LogP contribution in [-0.2, 0) is 0 Å². The molecule has 156 valence electrons. The van der Waals surface area contributed by atoms with Crippen LogP contribution in [0.2, 0.25) is 0 Å². The molecule has 2 aliphatic rings. The maximum absolute atomic E-state index is 15.1. The number of ether oxygens (including phenoxy) is 1. The number of aromatic nitrogens is 4. The molecule has 0 amide bonds. The quantitative estimate of drug-likeness (QED) is 0.713. The zero-order valence-electron chi connectivity index (χ0n) is 17.2. The molecule has 2 fully saturated rings. The second-order valence-electron chi connectivity index (χ2n) is 8.91. The summed E-state index contributed by atoms with van der Waals surface area (Å²) in [7, 11) is 1.97. The third-order valence-electron chi connectivity index (χ3n) is 6.73. The number of imidazole rings is 1. The van der Waals surface area contributed by atoms with E-state index in [2.05, 4.69) is 27.0 Å². The van der Waals surface area contributed by atoms with Crippen molar-refractivity contribution in [2.45, 2.75) is 38.1 Å². The number of rotatable bonds is 4. The normalized spacial score (nSPS) is 30.7. The topological polar surface area (TPSA) is 76.3 Å². The van der Waals surface area contributed by atoms with Gasteiger partial charge in [0.05, 0.1) is 23.2 Å². The molecule has 1 aliphatic heterocycles. The number of halogens is 1. The Kier molecular flexibility index (Phi) is 4.12. The third-order valence-corrected chi connectivity index (χ3v) is 6.73. The smallest absolute Gasteiger partial charge is 0.233 e. The largest absolute Gasteiger partial charge is 0.507 e. The van der Waals surface area contributed by atoms with Gasteiger partial charge in [-0.15, -0.1) is 10.2 Å². The average molecular weight is 409 g/mol. The summed E-state index contributed by atoms with van der Waals surface area (Å²) in [5.74, 6) is 0.380. The Balaban J connectivity index is 1.36. The molecule has 1 aliphatic carbocycles. The van der Waals surface area contributed by atoms with Crippen molar-refractivity contribution in [2.24, 2.45) is 5.41 Å². The van der Waals surface area contributed by atoms with Gasteiger partial charge in [-0.3, -0.25) is 4.90 Å². The lowest BCUT2D eigenvalue weighted by Gasteiger charge is -2.41. The van der Waals surface area contributed by atoms with E-state index >= 15 is 4.39 Å². The van der Waals surface area contributed by atoms with Crippen molar-refractivity contribution in [1.82, 2.24) is 24.6 Å². The highest BCUT2D eigenvalue weighted by atomic mass is 19.1. The minimum atomic E-state index is -1.09. The summed E-state index contributed by atoms with van der Waals surface area (Å²) in [5.41, 5.74) is 1.10. The number of likely N-dealkylation sites (tertiary alicyclic amines) is 1. The van der Waals surface area contributed by atoms with Crippen molar-refractivity contribution in [3.63, 3.8) is 0 Å². The van der Waals surface area contributed by atoms with Crippen molar-refractivity contribution in [3.8, 4) is 28.6 Å². The highest BCUT2D eigenvalue weighted by molar-refractivity contribution is 5.68. The molecule has 4 atom stereocenters. The highest BCUT2D eigenvalue weighted by Crippen LogP contribution is 2.55. The molecule has 3 heterocycles. The lowest BCUT2D eigenvalue weighted by Crippen LogP contribution is -2.56. The summed E-state index contributed by atoms with van der Waals surface area (Å²) in [5, 5.41) is 18.8. The van der Waals surface area contributed by atoms with Crippen LogP contribution in [0.1, 0.15) is 20.3 Å². The second kappa shape index (κ2) is 6.50. The fourth-order valence-electron chi connectivity index (χ4n) is 5.08. The van der Waals surface area contributed by atoms with E-state index in [0.717, 1.165) is 18.7 Å². The summed E-state index contributed by atoms with van der Waals surface area (Å²) in [6.07, 6.45) is 4.24. The van der Waals surface area contributed by atoms with Gasteiger partial charge in [0.2, 0.25) is 5.88 Å². The minimum Gasteiger partial charge on any atom is -0.507 e. The predicted octanol–water partition coefficient (Wildman–Crippen LogP) is 3.23. The molecule has 8 heteroatoms. The summed E-state index contributed by atoms with van der Waals surface area (Å²) in [6, 6.07) is 8.69. The summed E-state index contributed by atoms with van der Waals surface area (Å²) in [4.78, 5) is 6.09. The lowest BCUT2D eigenvalue weighted by molar-refractivity contribution is -0.0407. The third kappa shape index (κ3) is 2.78. The van der Waals surface area contributed by atoms with E-state index in [-0.39, 0.29) is 11.2 Å². The van der Waals surface area contributed by atoms with E-state index in [1.165, 1.54) is 0 Å². The van der Waals surface area contributed by atoms with Crippen LogP contribution in [0.25, 0.3) is 16.9 Å². The van der Waals surface area contributed by atoms with E-state index < -0.39 is 17.8 Å². The van der Waals surface area contributed by atoms with Crippen LogP contribution in [0, 0.1) is 5.41 Å². The lowest BCUT2D eigenvalue weighted by atomic mass is 9.87. The summed E-state index contributed by atoms with van der Waals surface area (Å²) in [6.45, 7) is 4.81. The first-order chi connectivity index (χ1) is 14.3. The van der Waals surface area contributed by atoms with Crippen LogP contribution in [0.15, 0.2) is 49.1 Å². The van der Waals surface area contributed by atoms with Crippen LogP contribution >= 0.6 is 0 Å². The molecule has 1 saturated carbocycles. The van der Waals surface area contributed by atoms with Crippen LogP contribution in [-0.4, -0.2) is 61.2 Å². The molecule has 0 radical (unpaired) electrons. The number of fused-ring (bicyclic) bond motifs is 2. The van der Waals surface area contributed by atoms with Gasteiger partial charge in [-0.2, -0.15) is 0 Å². The van der Waals surface area contributed by atoms with Gasteiger partial charge in [0.15, 0.2) is 6.17 Å². The van der Waals surface area contributed by atoms with Crippen LogP contribution < -0.4 is 4.74 Å². The molecular formula is C22H24FN5O2. The van der Waals surface area contributed by atoms with Gasteiger partial charge in [-0.1, -0.05) is 6.92 Å². The molecule has 1 aromatic carbocycles. The van der Waals surface area contributed by atoms with Crippen LogP contribution in [0.3, 0.4) is 0 Å². The number of nitrogens with zero attached hydrogens (tertiary/aromatic N) is 5. The molecule has 2 aromatic heterocycles. The Bertz CT molecular complexity index is 1070. The van der Waals surface area contributed by atoms with E-state index in [4.69, 9.17) is 4.74 Å². The minimum absolute atomic E-state index is 0.0876. The van der Waals surface area contributed by atoms with Crippen molar-refractivity contribution in [1.29, 1.82) is 0 Å². The van der Waals surface area contributed by atoms with Crippen molar-refractivity contribution in [3.05, 3.63) is 49.1 Å². The number of aromatic hydroxyl groups is 1. The van der Waals surface area contributed by atoms with Crippen molar-refractivity contribution >= 4 is 0 Å². The van der Waals surface area contributed by atoms with Gasteiger partial charge >= 0.3 is 0 Å². The molecule has 1 saturated heterocycles. The molecule has 7 nitrogen and oxygen atoms in total. The number of alkyl halides is 1. The predicted molar refractivity (Wildman–Crippen MR) is 109 cm³/mol. The monoisotopic (exact) mass is 409 g/mol.